The Morgan fingerprint density at radius 1 is 1.39 bits per heavy atom. The topological polar surface area (TPSA) is 71.3 Å². The molecule has 0 radical (unpaired) electrons. The van der Waals surface area contributed by atoms with Gasteiger partial charge in [0.25, 0.3) is 0 Å². The summed E-state index contributed by atoms with van der Waals surface area (Å²) in [6.07, 6.45) is 0. The number of nitrogens with zero attached hydrogens (tertiary/aromatic N) is 1. The molecule has 0 atom stereocenters. The van der Waals surface area contributed by atoms with Crippen molar-refractivity contribution in [2.24, 2.45) is 7.05 Å². The first-order valence-corrected chi connectivity index (χ1v) is 6.00. The Labute approximate surface area is 112 Å². The van der Waals surface area contributed by atoms with Gasteiger partial charge < -0.3 is 15.0 Å². The number of nitrogens with one attached hydrogen (secondary N) is 1. The van der Waals surface area contributed by atoms with E-state index in [-0.39, 0.29) is 11.6 Å². The second-order valence-electron chi connectivity index (χ2n) is 3.93. The molecule has 0 spiro atoms. The molecule has 2 rings (SSSR count). The van der Waals surface area contributed by atoms with Gasteiger partial charge in [0.15, 0.2) is 5.69 Å². The third-order valence-corrected chi connectivity index (χ3v) is 3.16. The number of carboxylic acids is 1. The summed E-state index contributed by atoms with van der Waals surface area (Å²) >= 11 is 3.33. The van der Waals surface area contributed by atoms with E-state index in [4.69, 9.17) is 0 Å². The van der Waals surface area contributed by atoms with Crippen molar-refractivity contribution in [3.63, 3.8) is 0 Å². The average molecular weight is 311 g/mol. The lowest BCUT2D eigenvalue weighted by atomic mass is 10.2. The highest BCUT2D eigenvalue weighted by Gasteiger charge is 2.21. The molecule has 0 fully saturated rings. The van der Waals surface area contributed by atoms with Crippen molar-refractivity contribution >= 4 is 44.4 Å². The zero-order valence-electron chi connectivity index (χ0n) is 9.82. The summed E-state index contributed by atoms with van der Waals surface area (Å²) < 4.78 is 2.37. The molecule has 0 bridgehead atoms. The number of aromatic nitrogens is 1. The summed E-state index contributed by atoms with van der Waals surface area (Å²) in [6.45, 7) is 1.35. The molecule has 6 heteroatoms. The van der Waals surface area contributed by atoms with Gasteiger partial charge in [0.1, 0.15) is 0 Å². The van der Waals surface area contributed by atoms with E-state index in [1.807, 2.05) is 6.07 Å². The SMILES string of the molecule is CC(=O)Nc1c(C(=O)O)n(C)c2ccc(Br)cc12. The lowest BCUT2D eigenvalue weighted by molar-refractivity contribution is -0.114. The van der Waals surface area contributed by atoms with Crippen LogP contribution in [0.3, 0.4) is 0 Å². The van der Waals surface area contributed by atoms with Crippen molar-refractivity contribution in [3.8, 4) is 0 Å². The number of aromatic carboxylic acids is 1. The fourth-order valence-corrected chi connectivity index (χ4v) is 2.33. The minimum absolute atomic E-state index is 0.0679. The monoisotopic (exact) mass is 310 g/mol. The van der Waals surface area contributed by atoms with Crippen molar-refractivity contribution < 1.29 is 14.7 Å². The van der Waals surface area contributed by atoms with Gasteiger partial charge in [-0.05, 0) is 18.2 Å². The van der Waals surface area contributed by atoms with Crippen molar-refractivity contribution in [1.29, 1.82) is 0 Å². The second kappa shape index (κ2) is 4.45. The summed E-state index contributed by atoms with van der Waals surface area (Å²) in [6, 6.07) is 5.41. The van der Waals surface area contributed by atoms with Gasteiger partial charge in [-0.15, -0.1) is 0 Å². The van der Waals surface area contributed by atoms with Gasteiger partial charge in [-0.25, -0.2) is 4.79 Å². The maximum Gasteiger partial charge on any atom is 0.354 e. The average Bonchev–Trinajstić information content (AvgIpc) is 2.51. The molecule has 0 saturated carbocycles. The fraction of sp³-hybridized carbons (Fsp3) is 0.167. The van der Waals surface area contributed by atoms with Crippen molar-refractivity contribution in [2.75, 3.05) is 5.32 Å². The highest BCUT2D eigenvalue weighted by Crippen LogP contribution is 2.32. The molecule has 2 N–H and O–H groups in total. The van der Waals surface area contributed by atoms with Gasteiger partial charge in [-0.1, -0.05) is 15.9 Å². The molecule has 0 unspecified atom stereocenters. The number of carbonyl (C=O) groups excluding carboxylic acids is 1. The van der Waals surface area contributed by atoms with Crippen LogP contribution in [0.15, 0.2) is 22.7 Å². The van der Waals surface area contributed by atoms with E-state index in [1.54, 1.807) is 23.7 Å². The van der Waals surface area contributed by atoms with Gasteiger partial charge in [0.05, 0.1) is 11.2 Å². The van der Waals surface area contributed by atoms with Crippen molar-refractivity contribution in [2.45, 2.75) is 6.92 Å². The Kier molecular flexibility index (Phi) is 3.13. The molecule has 18 heavy (non-hydrogen) atoms. The molecule has 0 aliphatic heterocycles. The van der Waals surface area contributed by atoms with E-state index in [1.165, 1.54) is 6.92 Å². The van der Waals surface area contributed by atoms with Gasteiger partial charge >= 0.3 is 5.97 Å². The minimum Gasteiger partial charge on any atom is -0.477 e. The molecule has 1 aromatic heterocycles. The molecule has 94 valence electrons. The third-order valence-electron chi connectivity index (χ3n) is 2.67. The Balaban J connectivity index is 2.84. The molecular formula is C12H11BrN2O3. The van der Waals surface area contributed by atoms with E-state index >= 15 is 0 Å². The number of hydrogen-bond donors (Lipinski definition) is 2. The number of halogens is 1. The number of anilines is 1. The Morgan fingerprint density at radius 2 is 2.06 bits per heavy atom. The van der Waals surface area contributed by atoms with Crippen LogP contribution in [0.1, 0.15) is 17.4 Å². The zero-order chi connectivity index (χ0) is 13.4. The Bertz CT molecular complexity index is 661. The molecule has 1 aromatic carbocycles. The first kappa shape index (κ1) is 12.6. The Hall–Kier alpha value is -1.82. The third kappa shape index (κ3) is 1.99. The second-order valence-corrected chi connectivity index (χ2v) is 4.85. The molecule has 0 saturated heterocycles. The minimum atomic E-state index is -1.08. The normalized spacial score (nSPS) is 10.6. The van der Waals surface area contributed by atoms with E-state index in [9.17, 15) is 14.7 Å². The number of benzene rings is 1. The first-order valence-electron chi connectivity index (χ1n) is 5.20. The summed E-state index contributed by atoms with van der Waals surface area (Å²) in [7, 11) is 1.66. The van der Waals surface area contributed by atoms with Crippen LogP contribution in [-0.4, -0.2) is 21.6 Å². The molecule has 1 heterocycles. The standard InChI is InChI=1S/C12H11BrN2O3/c1-6(16)14-10-8-5-7(13)3-4-9(8)15(2)11(10)12(17)18/h3-5H,1-2H3,(H,14,16)(H,17,18). The van der Waals surface area contributed by atoms with Crippen LogP contribution in [0.2, 0.25) is 0 Å². The number of aryl methyl sites for hydroxylation is 1. The maximum atomic E-state index is 11.3. The first-order chi connectivity index (χ1) is 8.41. The number of carboxylic acid groups (broad SMARTS) is 1. The summed E-state index contributed by atoms with van der Waals surface area (Å²) in [5, 5.41) is 12.5. The molecule has 5 nitrogen and oxygen atoms in total. The smallest absolute Gasteiger partial charge is 0.354 e. The number of carbonyl (C=O) groups is 2. The van der Waals surface area contributed by atoms with Crippen LogP contribution >= 0.6 is 15.9 Å². The van der Waals surface area contributed by atoms with Gasteiger partial charge in [0, 0.05) is 23.8 Å². The Morgan fingerprint density at radius 3 is 2.61 bits per heavy atom. The maximum absolute atomic E-state index is 11.3. The molecule has 2 aromatic rings. The lowest BCUT2D eigenvalue weighted by Crippen LogP contribution is -2.12. The lowest BCUT2D eigenvalue weighted by Gasteiger charge is -2.03. The molecule has 0 aliphatic carbocycles. The van der Waals surface area contributed by atoms with Crippen LogP contribution in [-0.2, 0) is 11.8 Å². The summed E-state index contributed by atoms with van der Waals surface area (Å²) in [4.78, 5) is 22.5. The van der Waals surface area contributed by atoms with Gasteiger partial charge in [-0.2, -0.15) is 0 Å². The number of hydrogen-bond acceptors (Lipinski definition) is 2. The molecular weight excluding hydrogens is 300 g/mol. The predicted molar refractivity (Wildman–Crippen MR) is 71.9 cm³/mol. The number of rotatable bonds is 2. The van der Waals surface area contributed by atoms with Crippen LogP contribution in [0.4, 0.5) is 5.69 Å². The van der Waals surface area contributed by atoms with Gasteiger partial charge in [-0.3, -0.25) is 4.79 Å². The van der Waals surface area contributed by atoms with E-state index in [2.05, 4.69) is 21.2 Å². The summed E-state index contributed by atoms with van der Waals surface area (Å²) in [5.74, 6) is -1.38. The van der Waals surface area contributed by atoms with E-state index < -0.39 is 5.97 Å². The van der Waals surface area contributed by atoms with E-state index in [0.29, 0.717) is 11.1 Å². The predicted octanol–water partition coefficient (Wildman–Crippen LogP) is 2.60. The summed E-state index contributed by atoms with van der Waals surface area (Å²) in [5.41, 5.74) is 1.14. The van der Waals surface area contributed by atoms with Crippen LogP contribution in [0.5, 0.6) is 0 Å². The highest BCUT2D eigenvalue weighted by atomic mass is 79.9. The van der Waals surface area contributed by atoms with Crippen molar-refractivity contribution in [1.82, 2.24) is 4.57 Å². The van der Waals surface area contributed by atoms with Crippen LogP contribution in [0, 0.1) is 0 Å². The van der Waals surface area contributed by atoms with E-state index in [0.717, 1.165) is 9.99 Å². The quantitative estimate of drug-likeness (QED) is 0.895. The fourth-order valence-electron chi connectivity index (χ4n) is 1.97. The molecule has 0 aliphatic rings. The van der Waals surface area contributed by atoms with Crippen LogP contribution < -0.4 is 5.32 Å². The largest absolute Gasteiger partial charge is 0.477 e. The van der Waals surface area contributed by atoms with Gasteiger partial charge in [0.2, 0.25) is 5.91 Å². The molecule has 1 amide bonds. The highest BCUT2D eigenvalue weighted by molar-refractivity contribution is 9.10. The van der Waals surface area contributed by atoms with Crippen molar-refractivity contribution in [3.05, 3.63) is 28.4 Å². The van der Waals surface area contributed by atoms with Crippen LogP contribution in [0.25, 0.3) is 10.9 Å². The number of amides is 1. The number of fused-ring (bicyclic) bond motifs is 1. The zero-order valence-corrected chi connectivity index (χ0v) is 11.4.